The zero-order chi connectivity index (χ0) is 15.6. The van der Waals surface area contributed by atoms with Crippen molar-refractivity contribution < 1.29 is 13.2 Å². The van der Waals surface area contributed by atoms with Gasteiger partial charge in [0, 0.05) is 33.1 Å². The van der Waals surface area contributed by atoms with Crippen molar-refractivity contribution in [1.29, 1.82) is 0 Å². The molecule has 112 valence electrons. The third kappa shape index (κ3) is 3.96. The summed E-state index contributed by atoms with van der Waals surface area (Å²) in [5.41, 5.74) is 2.25. The number of pyridine rings is 1. The largest absolute Gasteiger partial charge is 0.489 e. The van der Waals surface area contributed by atoms with Crippen molar-refractivity contribution in [3.8, 4) is 5.75 Å². The van der Waals surface area contributed by atoms with Gasteiger partial charge in [0.1, 0.15) is 12.4 Å². The number of aromatic nitrogens is 1. The third-order valence-corrected chi connectivity index (χ3v) is 5.01. The first-order valence-electron chi connectivity index (χ1n) is 6.06. The van der Waals surface area contributed by atoms with Gasteiger partial charge in [-0.2, -0.15) is 0 Å². The first-order chi connectivity index (χ1) is 9.79. The van der Waals surface area contributed by atoms with Gasteiger partial charge in [-0.05, 0) is 59.1 Å². The Bertz CT molecular complexity index is 778. The van der Waals surface area contributed by atoms with Crippen LogP contribution in [0.25, 0.3) is 0 Å². The van der Waals surface area contributed by atoms with Crippen LogP contribution < -0.4 is 4.74 Å². The lowest BCUT2D eigenvalue weighted by Crippen LogP contribution is -2.02. The third-order valence-electron chi connectivity index (χ3n) is 3.11. The van der Waals surface area contributed by atoms with E-state index >= 15 is 0 Å². The molecule has 0 radical (unpaired) electrons. The van der Waals surface area contributed by atoms with E-state index < -0.39 is 9.05 Å². The Hall–Kier alpha value is -1.11. The molecular formula is C14H13BrClNO3S. The molecule has 0 N–H and O–H groups in total. The number of rotatable bonds is 4. The summed E-state index contributed by atoms with van der Waals surface area (Å²) >= 11 is 3.35. The fraction of sp³-hybridized carbons (Fsp3) is 0.214. The molecule has 2 aromatic rings. The Kier molecular flexibility index (Phi) is 4.91. The molecule has 1 aromatic carbocycles. The van der Waals surface area contributed by atoms with Gasteiger partial charge in [0.05, 0.1) is 4.90 Å². The summed E-state index contributed by atoms with van der Waals surface area (Å²) in [5, 5.41) is 0. The summed E-state index contributed by atoms with van der Waals surface area (Å²) in [4.78, 5) is 4.17. The van der Waals surface area contributed by atoms with Crippen molar-refractivity contribution in [3.05, 3.63) is 51.8 Å². The van der Waals surface area contributed by atoms with Crippen LogP contribution in [0.15, 0.2) is 40.0 Å². The zero-order valence-electron chi connectivity index (χ0n) is 11.4. The molecule has 0 amide bonds. The quantitative estimate of drug-likeness (QED) is 0.741. The molecule has 0 bridgehead atoms. The maximum Gasteiger partial charge on any atom is 0.261 e. The fourth-order valence-electron chi connectivity index (χ4n) is 1.89. The van der Waals surface area contributed by atoms with Crippen LogP contribution in [-0.2, 0) is 15.7 Å². The number of halogens is 2. The highest BCUT2D eigenvalue weighted by atomic mass is 79.9. The minimum Gasteiger partial charge on any atom is -0.489 e. The second kappa shape index (κ2) is 6.34. The summed E-state index contributed by atoms with van der Waals surface area (Å²) < 4.78 is 29.5. The Labute approximate surface area is 136 Å². The second-order valence-electron chi connectivity index (χ2n) is 4.55. The average molecular weight is 391 g/mol. The Morgan fingerprint density at radius 2 is 1.95 bits per heavy atom. The van der Waals surface area contributed by atoms with Crippen molar-refractivity contribution in [3.63, 3.8) is 0 Å². The van der Waals surface area contributed by atoms with Gasteiger partial charge in [-0.15, -0.1) is 0 Å². The molecule has 21 heavy (non-hydrogen) atoms. The van der Waals surface area contributed by atoms with E-state index in [1.807, 2.05) is 6.07 Å². The maximum absolute atomic E-state index is 11.4. The van der Waals surface area contributed by atoms with E-state index in [0.29, 0.717) is 17.9 Å². The highest BCUT2D eigenvalue weighted by Crippen LogP contribution is 2.29. The maximum atomic E-state index is 11.4. The minimum atomic E-state index is -3.75. The summed E-state index contributed by atoms with van der Waals surface area (Å²) in [7, 11) is 1.65. The molecule has 1 aromatic heterocycles. The molecule has 0 saturated carbocycles. The minimum absolute atomic E-state index is 0.109. The summed E-state index contributed by atoms with van der Waals surface area (Å²) in [6.07, 6.45) is 3.41. The van der Waals surface area contributed by atoms with Crippen LogP contribution in [0.2, 0.25) is 0 Å². The van der Waals surface area contributed by atoms with Crippen molar-refractivity contribution >= 4 is 35.7 Å². The second-order valence-corrected chi connectivity index (χ2v) is 8.00. The molecule has 0 fully saturated rings. The van der Waals surface area contributed by atoms with Crippen LogP contribution in [0.1, 0.15) is 16.7 Å². The van der Waals surface area contributed by atoms with Crippen LogP contribution in [0.3, 0.4) is 0 Å². The first kappa shape index (κ1) is 16.3. The molecule has 0 aliphatic heterocycles. The zero-order valence-corrected chi connectivity index (χ0v) is 14.6. The molecule has 0 saturated heterocycles. The highest BCUT2D eigenvalue weighted by molar-refractivity contribution is 9.10. The highest BCUT2D eigenvalue weighted by Gasteiger charge is 2.17. The van der Waals surface area contributed by atoms with E-state index in [4.69, 9.17) is 15.4 Å². The summed E-state index contributed by atoms with van der Waals surface area (Å²) in [5.74, 6) is 0.622. The molecular weight excluding hydrogens is 378 g/mol. The standard InChI is InChI=1S/C14H13BrClNO3S/c1-9-10(2)14(21(16,18)19)4-3-13(9)20-8-11-5-12(15)7-17-6-11/h3-7H,8H2,1-2H3. The first-order valence-corrected chi connectivity index (χ1v) is 9.16. The van der Waals surface area contributed by atoms with Crippen molar-refractivity contribution in [2.24, 2.45) is 0 Å². The van der Waals surface area contributed by atoms with E-state index in [0.717, 1.165) is 15.6 Å². The molecule has 0 aliphatic carbocycles. The number of hydrogen-bond donors (Lipinski definition) is 0. The fourth-order valence-corrected chi connectivity index (χ4v) is 3.55. The van der Waals surface area contributed by atoms with Crippen LogP contribution in [0.5, 0.6) is 5.75 Å². The molecule has 0 aliphatic rings. The van der Waals surface area contributed by atoms with E-state index in [1.54, 1.807) is 32.3 Å². The molecule has 0 unspecified atom stereocenters. The molecule has 7 heteroatoms. The summed E-state index contributed by atoms with van der Waals surface area (Å²) in [6.45, 7) is 3.85. The molecule has 0 spiro atoms. The topological polar surface area (TPSA) is 56.3 Å². The normalized spacial score (nSPS) is 11.4. The lowest BCUT2D eigenvalue weighted by Gasteiger charge is -2.13. The predicted molar refractivity (Wildman–Crippen MR) is 85.2 cm³/mol. The molecule has 0 atom stereocenters. The van der Waals surface area contributed by atoms with Crippen LogP contribution in [-0.4, -0.2) is 13.4 Å². The van der Waals surface area contributed by atoms with Crippen LogP contribution >= 0.6 is 26.6 Å². The van der Waals surface area contributed by atoms with Crippen LogP contribution in [0, 0.1) is 13.8 Å². The van der Waals surface area contributed by atoms with Crippen molar-refractivity contribution in [2.45, 2.75) is 25.3 Å². The van der Waals surface area contributed by atoms with Gasteiger partial charge in [0.15, 0.2) is 0 Å². The number of benzene rings is 1. The van der Waals surface area contributed by atoms with Gasteiger partial charge in [0.25, 0.3) is 9.05 Å². The van der Waals surface area contributed by atoms with Gasteiger partial charge in [-0.25, -0.2) is 8.42 Å². The van der Waals surface area contributed by atoms with Gasteiger partial charge in [0.2, 0.25) is 0 Å². The molecule has 2 rings (SSSR count). The van der Waals surface area contributed by atoms with Crippen LogP contribution in [0.4, 0.5) is 0 Å². The Morgan fingerprint density at radius 3 is 2.57 bits per heavy atom. The monoisotopic (exact) mass is 389 g/mol. The average Bonchev–Trinajstić information content (AvgIpc) is 2.39. The van der Waals surface area contributed by atoms with Gasteiger partial charge in [-0.3, -0.25) is 4.98 Å². The number of hydrogen-bond acceptors (Lipinski definition) is 4. The van der Waals surface area contributed by atoms with E-state index in [1.165, 1.54) is 6.07 Å². The van der Waals surface area contributed by atoms with E-state index in [9.17, 15) is 8.42 Å². The Balaban J connectivity index is 2.24. The van der Waals surface area contributed by atoms with E-state index in [2.05, 4.69) is 20.9 Å². The number of ether oxygens (including phenoxy) is 1. The van der Waals surface area contributed by atoms with Crippen molar-refractivity contribution in [1.82, 2.24) is 4.98 Å². The molecule has 1 heterocycles. The lowest BCUT2D eigenvalue weighted by atomic mass is 10.1. The summed E-state index contributed by atoms with van der Waals surface area (Å²) in [6, 6.07) is 4.98. The SMILES string of the molecule is Cc1c(OCc2cncc(Br)c2)ccc(S(=O)(=O)Cl)c1C. The van der Waals surface area contributed by atoms with Gasteiger partial charge >= 0.3 is 0 Å². The van der Waals surface area contributed by atoms with E-state index in [-0.39, 0.29) is 4.90 Å². The smallest absolute Gasteiger partial charge is 0.261 e. The predicted octanol–water partition coefficient (Wildman–Crippen LogP) is 3.97. The van der Waals surface area contributed by atoms with Gasteiger partial charge in [-0.1, -0.05) is 0 Å². The van der Waals surface area contributed by atoms with Crippen molar-refractivity contribution in [2.75, 3.05) is 0 Å². The number of nitrogens with zero attached hydrogens (tertiary/aromatic N) is 1. The lowest BCUT2D eigenvalue weighted by molar-refractivity contribution is 0.303. The van der Waals surface area contributed by atoms with Gasteiger partial charge < -0.3 is 4.74 Å². The molecule has 4 nitrogen and oxygen atoms in total. The Morgan fingerprint density at radius 1 is 1.24 bits per heavy atom.